The van der Waals surface area contributed by atoms with Gasteiger partial charge in [-0.1, -0.05) is 60.8 Å². The number of imide groups is 1. The molecule has 1 aliphatic heterocycles. The smallest absolute Gasteiger partial charge is 0.234 e. The van der Waals surface area contributed by atoms with Gasteiger partial charge in [0, 0.05) is 10.9 Å². The molecule has 2 rings (SSSR count). The average Bonchev–Trinajstić information content (AvgIpc) is 2.39. The maximum absolute atomic E-state index is 12.3. The summed E-state index contributed by atoms with van der Waals surface area (Å²) in [7, 11) is 0. The molecule has 20 heavy (non-hydrogen) atoms. The highest BCUT2D eigenvalue weighted by Gasteiger charge is 2.40. The number of rotatable bonds is 4. The van der Waals surface area contributed by atoms with E-state index in [9.17, 15) is 9.59 Å². The van der Waals surface area contributed by atoms with Gasteiger partial charge in [0.05, 0.1) is 5.92 Å². The van der Waals surface area contributed by atoms with Crippen molar-refractivity contribution in [1.29, 1.82) is 0 Å². The van der Waals surface area contributed by atoms with Gasteiger partial charge in [-0.25, -0.2) is 0 Å². The number of benzene rings is 1. The Kier molecular flexibility index (Phi) is 4.97. The third kappa shape index (κ3) is 3.11. The van der Waals surface area contributed by atoms with Gasteiger partial charge in [-0.3, -0.25) is 14.9 Å². The minimum atomic E-state index is -0.246. The standard InChI is InChI=1S/C16H20BrNO2/c1-3-6-10(2)12-9-14(19)18-16(20)15(12)11-7-4-5-8-13(11)17/h4-5,7-8,10,12,15H,3,6,9H2,1-2H3,(H,18,19,20). The maximum Gasteiger partial charge on any atom is 0.234 e. The molecule has 1 saturated heterocycles. The van der Waals surface area contributed by atoms with Crippen LogP contribution in [0.15, 0.2) is 28.7 Å². The van der Waals surface area contributed by atoms with Crippen LogP contribution in [0.3, 0.4) is 0 Å². The molecular formula is C16H20BrNO2. The highest BCUT2D eigenvalue weighted by molar-refractivity contribution is 9.10. The van der Waals surface area contributed by atoms with Crippen molar-refractivity contribution in [2.75, 3.05) is 0 Å². The Morgan fingerprint density at radius 1 is 1.35 bits per heavy atom. The second-order valence-corrected chi connectivity index (χ2v) is 6.40. The van der Waals surface area contributed by atoms with Crippen LogP contribution in [0.1, 0.15) is 44.6 Å². The molecule has 1 aliphatic rings. The molecule has 0 radical (unpaired) electrons. The van der Waals surface area contributed by atoms with Gasteiger partial charge < -0.3 is 0 Å². The predicted octanol–water partition coefficient (Wildman–Crippen LogP) is 3.63. The van der Waals surface area contributed by atoms with Crippen molar-refractivity contribution >= 4 is 27.7 Å². The average molecular weight is 338 g/mol. The zero-order valence-electron chi connectivity index (χ0n) is 11.9. The summed E-state index contributed by atoms with van der Waals surface area (Å²) in [5.74, 6) is -0.126. The van der Waals surface area contributed by atoms with Crippen LogP contribution < -0.4 is 5.32 Å². The lowest BCUT2D eigenvalue weighted by molar-refractivity contribution is -0.137. The van der Waals surface area contributed by atoms with Crippen LogP contribution >= 0.6 is 15.9 Å². The van der Waals surface area contributed by atoms with Gasteiger partial charge in [0.15, 0.2) is 0 Å². The molecule has 3 atom stereocenters. The molecule has 2 amide bonds. The third-order valence-corrected chi connectivity index (χ3v) is 4.83. The maximum atomic E-state index is 12.3. The summed E-state index contributed by atoms with van der Waals surface area (Å²) in [6.07, 6.45) is 2.53. The summed E-state index contributed by atoms with van der Waals surface area (Å²) in [4.78, 5) is 24.0. The highest BCUT2D eigenvalue weighted by Crippen LogP contribution is 2.40. The quantitative estimate of drug-likeness (QED) is 0.852. The Morgan fingerprint density at radius 2 is 2.05 bits per heavy atom. The number of hydrogen-bond donors (Lipinski definition) is 1. The molecule has 1 N–H and O–H groups in total. The third-order valence-electron chi connectivity index (χ3n) is 4.11. The molecule has 0 spiro atoms. The number of hydrogen-bond acceptors (Lipinski definition) is 2. The first kappa shape index (κ1) is 15.2. The van der Waals surface area contributed by atoms with E-state index >= 15 is 0 Å². The molecule has 108 valence electrons. The second-order valence-electron chi connectivity index (χ2n) is 5.55. The van der Waals surface area contributed by atoms with Crippen molar-refractivity contribution < 1.29 is 9.59 Å². The molecule has 4 heteroatoms. The van der Waals surface area contributed by atoms with Crippen LogP contribution in [0.2, 0.25) is 0 Å². The summed E-state index contributed by atoms with van der Waals surface area (Å²) < 4.78 is 0.934. The van der Waals surface area contributed by atoms with Gasteiger partial charge in [0.25, 0.3) is 0 Å². The number of carbonyl (C=O) groups excluding carboxylic acids is 2. The summed E-state index contributed by atoms with van der Waals surface area (Å²) >= 11 is 3.53. The normalized spacial score (nSPS) is 24.4. The lowest BCUT2D eigenvalue weighted by atomic mass is 9.73. The molecule has 3 unspecified atom stereocenters. The van der Waals surface area contributed by atoms with Crippen LogP contribution in [0.25, 0.3) is 0 Å². The Labute approximate surface area is 128 Å². The number of amides is 2. The molecule has 1 heterocycles. The first-order chi connectivity index (χ1) is 9.54. The van der Waals surface area contributed by atoms with E-state index in [1.807, 2.05) is 24.3 Å². The fourth-order valence-corrected chi connectivity index (χ4v) is 3.62. The Hall–Kier alpha value is -1.16. The van der Waals surface area contributed by atoms with E-state index in [2.05, 4.69) is 35.1 Å². The SMILES string of the molecule is CCCC(C)C1CC(=O)NC(=O)C1c1ccccc1Br. The molecule has 1 aromatic carbocycles. The monoisotopic (exact) mass is 337 g/mol. The Balaban J connectivity index is 2.37. The van der Waals surface area contributed by atoms with E-state index in [4.69, 9.17) is 0 Å². The summed E-state index contributed by atoms with van der Waals surface area (Å²) in [5.41, 5.74) is 0.977. The van der Waals surface area contributed by atoms with Gasteiger partial charge in [-0.2, -0.15) is 0 Å². The van der Waals surface area contributed by atoms with Crippen molar-refractivity contribution in [3.63, 3.8) is 0 Å². The van der Waals surface area contributed by atoms with Crippen molar-refractivity contribution in [3.05, 3.63) is 34.3 Å². The van der Waals surface area contributed by atoms with E-state index in [1.54, 1.807) is 0 Å². The van der Waals surface area contributed by atoms with Crippen molar-refractivity contribution in [3.8, 4) is 0 Å². The van der Waals surface area contributed by atoms with Crippen LogP contribution in [-0.4, -0.2) is 11.8 Å². The zero-order valence-corrected chi connectivity index (χ0v) is 13.4. The second kappa shape index (κ2) is 6.53. The summed E-state index contributed by atoms with van der Waals surface area (Å²) in [6, 6.07) is 7.78. The van der Waals surface area contributed by atoms with Crippen LogP contribution in [0.5, 0.6) is 0 Å². The first-order valence-corrected chi connectivity index (χ1v) is 7.92. The summed E-state index contributed by atoms with van der Waals surface area (Å²) in [6.45, 7) is 4.28. The molecule has 0 aliphatic carbocycles. The lowest BCUT2D eigenvalue weighted by Crippen LogP contribution is -2.46. The molecule has 0 aromatic heterocycles. The van der Waals surface area contributed by atoms with E-state index < -0.39 is 0 Å². The number of halogens is 1. The topological polar surface area (TPSA) is 46.2 Å². The Bertz CT molecular complexity index is 515. The van der Waals surface area contributed by atoms with E-state index in [1.165, 1.54) is 0 Å². The number of piperidine rings is 1. The van der Waals surface area contributed by atoms with Crippen LogP contribution in [0, 0.1) is 11.8 Å². The predicted molar refractivity (Wildman–Crippen MR) is 82.2 cm³/mol. The Morgan fingerprint density at radius 3 is 2.70 bits per heavy atom. The number of carbonyl (C=O) groups is 2. The molecular weight excluding hydrogens is 318 g/mol. The molecule has 1 fully saturated rings. The van der Waals surface area contributed by atoms with E-state index in [-0.39, 0.29) is 23.7 Å². The van der Waals surface area contributed by atoms with Gasteiger partial charge in [-0.15, -0.1) is 0 Å². The fraction of sp³-hybridized carbons (Fsp3) is 0.500. The van der Waals surface area contributed by atoms with Crippen molar-refractivity contribution in [2.24, 2.45) is 11.8 Å². The van der Waals surface area contributed by atoms with E-state index in [0.717, 1.165) is 22.9 Å². The summed E-state index contributed by atoms with van der Waals surface area (Å²) in [5, 5.41) is 2.48. The van der Waals surface area contributed by atoms with Gasteiger partial charge >= 0.3 is 0 Å². The first-order valence-electron chi connectivity index (χ1n) is 7.12. The highest BCUT2D eigenvalue weighted by atomic mass is 79.9. The van der Waals surface area contributed by atoms with Gasteiger partial charge in [0.1, 0.15) is 0 Å². The fourth-order valence-electron chi connectivity index (χ4n) is 3.09. The van der Waals surface area contributed by atoms with Gasteiger partial charge in [0.2, 0.25) is 11.8 Å². The number of nitrogens with one attached hydrogen (secondary N) is 1. The lowest BCUT2D eigenvalue weighted by Gasteiger charge is -2.34. The minimum Gasteiger partial charge on any atom is -0.296 e. The largest absolute Gasteiger partial charge is 0.296 e. The molecule has 0 bridgehead atoms. The molecule has 0 saturated carbocycles. The van der Waals surface area contributed by atoms with Gasteiger partial charge in [-0.05, 0) is 23.5 Å². The molecule has 3 nitrogen and oxygen atoms in total. The van der Waals surface area contributed by atoms with E-state index in [0.29, 0.717) is 12.3 Å². The van der Waals surface area contributed by atoms with Crippen molar-refractivity contribution in [1.82, 2.24) is 5.32 Å². The van der Waals surface area contributed by atoms with Crippen LogP contribution in [0.4, 0.5) is 0 Å². The van der Waals surface area contributed by atoms with Crippen LogP contribution in [-0.2, 0) is 9.59 Å². The molecule has 1 aromatic rings. The minimum absolute atomic E-state index is 0.0786. The zero-order chi connectivity index (χ0) is 14.7. The van der Waals surface area contributed by atoms with Crippen molar-refractivity contribution in [2.45, 2.75) is 39.0 Å².